The molecule has 1 aromatic carbocycles. The van der Waals surface area contributed by atoms with Gasteiger partial charge >= 0.3 is 0 Å². The lowest BCUT2D eigenvalue weighted by atomic mass is 9.96. The third kappa shape index (κ3) is 6.37. The topological polar surface area (TPSA) is 115 Å². The Bertz CT molecular complexity index is 2120. The Labute approximate surface area is 291 Å². The molecule has 0 aliphatic carbocycles. The summed E-state index contributed by atoms with van der Waals surface area (Å²) in [7, 11) is 1.52. The zero-order valence-corrected chi connectivity index (χ0v) is 28.4. The summed E-state index contributed by atoms with van der Waals surface area (Å²) in [6, 6.07) is 7.48. The molecule has 1 atom stereocenters. The molecule has 0 bridgehead atoms. The third-order valence-corrected chi connectivity index (χ3v) is 9.91. The van der Waals surface area contributed by atoms with Gasteiger partial charge in [0.05, 0.1) is 42.7 Å². The number of nitrogens with one attached hydrogen (secondary N) is 1. The average Bonchev–Trinajstić information content (AvgIpc) is 3.77. The van der Waals surface area contributed by atoms with Gasteiger partial charge in [-0.05, 0) is 42.1 Å². The first-order chi connectivity index (χ1) is 24.2. The summed E-state index contributed by atoms with van der Waals surface area (Å²) in [4.78, 5) is 38.2. The van der Waals surface area contributed by atoms with Gasteiger partial charge in [0.2, 0.25) is 11.8 Å². The van der Waals surface area contributed by atoms with Crippen LogP contribution < -0.4 is 10.1 Å². The highest BCUT2D eigenvalue weighted by molar-refractivity contribution is 7.18. The summed E-state index contributed by atoms with van der Waals surface area (Å²) >= 11 is 1.40. The number of nitrogens with zero attached hydrogens (tertiary/aromatic N) is 6. The number of hydrogen-bond acceptors (Lipinski definition) is 9. The zero-order valence-electron chi connectivity index (χ0n) is 27.6. The quantitative estimate of drug-likeness (QED) is 0.156. The van der Waals surface area contributed by atoms with Crippen molar-refractivity contribution in [3.63, 3.8) is 0 Å². The van der Waals surface area contributed by atoms with Crippen molar-refractivity contribution in [2.45, 2.75) is 26.1 Å². The minimum Gasteiger partial charge on any atom is -0.490 e. The van der Waals surface area contributed by atoms with Gasteiger partial charge in [0, 0.05) is 79.0 Å². The molecule has 50 heavy (non-hydrogen) atoms. The average molecular weight is 700 g/mol. The molecule has 6 heterocycles. The number of rotatable bonds is 10. The number of hydrogen-bond donors (Lipinski definition) is 1. The predicted octanol–water partition coefficient (Wildman–Crippen LogP) is 5.21. The third-order valence-electron chi connectivity index (χ3n) is 8.97. The molecule has 7 rings (SSSR count). The highest BCUT2D eigenvalue weighted by atomic mass is 32.1. The number of piperazine rings is 1. The number of halogens is 2. The minimum atomic E-state index is -0.808. The fourth-order valence-corrected chi connectivity index (χ4v) is 7.58. The van der Waals surface area contributed by atoms with Crippen molar-refractivity contribution in [1.82, 2.24) is 34.9 Å². The van der Waals surface area contributed by atoms with Gasteiger partial charge in [0.15, 0.2) is 0 Å². The van der Waals surface area contributed by atoms with Crippen molar-refractivity contribution in [3.8, 4) is 39.5 Å². The molecule has 2 aliphatic rings. The van der Waals surface area contributed by atoms with E-state index in [0.29, 0.717) is 60.1 Å². The summed E-state index contributed by atoms with van der Waals surface area (Å²) < 4.78 is 44.4. The van der Waals surface area contributed by atoms with Crippen LogP contribution in [0.2, 0.25) is 0 Å². The number of carbonyl (C=O) groups excluding carboxylic acids is 2. The number of thiophene rings is 1. The van der Waals surface area contributed by atoms with Crippen molar-refractivity contribution in [1.29, 1.82) is 0 Å². The molecule has 0 radical (unpaired) electrons. The molecule has 258 valence electrons. The molecule has 1 fully saturated rings. The molecule has 1 N–H and O–H groups in total. The molecule has 4 aromatic heterocycles. The van der Waals surface area contributed by atoms with E-state index in [4.69, 9.17) is 19.6 Å². The van der Waals surface area contributed by atoms with Gasteiger partial charge in [-0.15, -0.1) is 11.3 Å². The molecule has 2 amide bonds. The molecule has 0 saturated carbocycles. The molecule has 0 spiro atoms. The molecule has 0 unspecified atom stereocenters. The molecule has 14 heteroatoms. The van der Waals surface area contributed by atoms with Crippen LogP contribution in [0.1, 0.15) is 24.2 Å². The first-order valence-corrected chi connectivity index (χ1v) is 17.1. The highest BCUT2D eigenvalue weighted by Crippen LogP contribution is 2.47. The summed E-state index contributed by atoms with van der Waals surface area (Å²) in [5, 5.41) is 10.4. The Balaban J connectivity index is 1.42. The number of fused-ring (bicyclic) bond motifs is 2. The summed E-state index contributed by atoms with van der Waals surface area (Å²) in [6.45, 7) is 8.87. The van der Waals surface area contributed by atoms with E-state index in [2.05, 4.69) is 21.8 Å². The maximum absolute atomic E-state index is 16.1. The first kappa shape index (κ1) is 33.4. The van der Waals surface area contributed by atoms with Crippen LogP contribution in [-0.2, 0) is 27.4 Å². The van der Waals surface area contributed by atoms with E-state index in [1.165, 1.54) is 30.6 Å². The zero-order chi connectivity index (χ0) is 34.9. The van der Waals surface area contributed by atoms with E-state index < -0.39 is 11.6 Å². The lowest BCUT2D eigenvalue weighted by Gasteiger charge is -2.33. The Morgan fingerprint density at radius 3 is 2.78 bits per heavy atom. The van der Waals surface area contributed by atoms with Crippen LogP contribution in [0.15, 0.2) is 60.8 Å². The summed E-state index contributed by atoms with van der Waals surface area (Å²) in [6.07, 6.45) is 4.80. The Morgan fingerprint density at radius 1 is 1.12 bits per heavy atom. The highest BCUT2D eigenvalue weighted by Gasteiger charge is 2.31. The van der Waals surface area contributed by atoms with E-state index in [1.54, 1.807) is 17.3 Å². The molecule has 5 aromatic rings. The van der Waals surface area contributed by atoms with Crippen LogP contribution in [0.4, 0.5) is 8.78 Å². The second kappa shape index (κ2) is 14.1. The SMILES string of the molecule is C=CC(=O)N1CCn2nc(-c3nc(-c4cncc(CN5CCNC(=O)C5)c4)c4ccsc4c3-c3c(F)cc(F)cc3OCCOC)cc2[C@H]1C. The largest absolute Gasteiger partial charge is 0.490 e. The van der Waals surface area contributed by atoms with E-state index in [0.717, 1.165) is 34.8 Å². The Hall–Kier alpha value is -5.05. The van der Waals surface area contributed by atoms with Crippen molar-refractivity contribution in [3.05, 3.63) is 83.7 Å². The molecule has 11 nitrogen and oxygen atoms in total. The smallest absolute Gasteiger partial charge is 0.246 e. The number of methoxy groups -OCH3 is 1. The lowest BCUT2D eigenvalue weighted by Crippen LogP contribution is -2.47. The predicted molar refractivity (Wildman–Crippen MR) is 185 cm³/mol. The monoisotopic (exact) mass is 699 g/mol. The lowest BCUT2D eigenvalue weighted by molar-refractivity contribution is -0.129. The van der Waals surface area contributed by atoms with Crippen LogP contribution in [0.25, 0.3) is 43.9 Å². The number of pyridine rings is 2. The maximum Gasteiger partial charge on any atom is 0.246 e. The van der Waals surface area contributed by atoms with Crippen LogP contribution in [0.5, 0.6) is 5.75 Å². The fourth-order valence-electron chi connectivity index (χ4n) is 6.63. The van der Waals surface area contributed by atoms with Gasteiger partial charge in [0.25, 0.3) is 0 Å². The van der Waals surface area contributed by atoms with E-state index in [9.17, 15) is 14.0 Å². The number of carbonyl (C=O) groups is 2. The summed E-state index contributed by atoms with van der Waals surface area (Å²) in [5.74, 6) is -1.78. The van der Waals surface area contributed by atoms with Gasteiger partial charge in [0.1, 0.15) is 35.4 Å². The minimum absolute atomic E-state index is 0.0133. The molecular weight excluding hydrogens is 665 g/mol. The van der Waals surface area contributed by atoms with Gasteiger partial charge < -0.3 is 19.7 Å². The van der Waals surface area contributed by atoms with Crippen LogP contribution in [0, 0.1) is 11.6 Å². The van der Waals surface area contributed by atoms with E-state index in [-0.39, 0.29) is 42.4 Å². The fraction of sp³-hybridized carbons (Fsp3) is 0.306. The number of benzene rings is 1. The summed E-state index contributed by atoms with van der Waals surface area (Å²) in [5.41, 5.74) is 4.33. The van der Waals surface area contributed by atoms with Crippen molar-refractivity contribution >= 4 is 33.2 Å². The van der Waals surface area contributed by atoms with Crippen LogP contribution in [0.3, 0.4) is 0 Å². The first-order valence-electron chi connectivity index (χ1n) is 16.2. The van der Waals surface area contributed by atoms with Crippen molar-refractivity contribution < 1.29 is 27.8 Å². The normalized spacial score (nSPS) is 16.4. The van der Waals surface area contributed by atoms with Crippen molar-refractivity contribution in [2.75, 3.05) is 46.5 Å². The molecular formula is C36H35F2N7O4S. The van der Waals surface area contributed by atoms with Gasteiger partial charge in [-0.1, -0.05) is 6.58 Å². The van der Waals surface area contributed by atoms with Crippen LogP contribution >= 0.6 is 11.3 Å². The van der Waals surface area contributed by atoms with Gasteiger partial charge in [-0.3, -0.25) is 24.2 Å². The second-order valence-corrected chi connectivity index (χ2v) is 13.1. The van der Waals surface area contributed by atoms with Gasteiger partial charge in [-0.2, -0.15) is 5.10 Å². The van der Waals surface area contributed by atoms with Crippen LogP contribution in [-0.4, -0.2) is 87.9 Å². The standard InChI is InChI=1S/C36H35F2N7O4S/c1-4-31(47)44-8-9-45-28(21(44)2)16-27(42-45)35-33(32-26(38)14-24(37)15-29(32)49-11-10-48-3)36-25(5-12-50-36)34(41-35)23-13-22(17-39-18-23)19-43-7-6-40-30(46)20-43/h4-5,12-18,21H,1,6-11,19-20H2,2-3H3,(H,40,46)/t21-/m1/s1. The second-order valence-electron chi connectivity index (χ2n) is 12.2. The number of ether oxygens (including phenoxy) is 2. The van der Waals surface area contributed by atoms with E-state index >= 15 is 4.39 Å². The molecule has 1 saturated heterocycles. The molecule has 2 aliphatic heterocycles. The van der Waals surface area contributed by atoms with Crippen molar-refractivity contribution in [2.24, 2.45) is 0 Å². The number of amides is 2. The van der Waals surface area contributed by atoms with E-state index in [1.807, 2.05) is 35.2 Å². The Kier molecular flexibility index (Phi) is 9.40. The number of aromatic nitrogens is 4. The van der Waals surface area contributed by atoms with Gasteiger partial charge in [-0.25, -0.2) is 13.8 Å². The maximum atomic E-state index is 16.1. The Morgan fingerprint density at radius 2 is 1.98 bits per heavy atom.